The number of carbonyl (C=O) groups excluding carboxylic acids is 1. The molecule has 8 heteroatoms. The van der Waals surface area contributed by atoms with Crippen LogP contribution >= 0.6 is 22.9 Å². The maximum absolute atomic E-state index is 12.1. The number of Topliss-reactive ketones (excluding diaryl/α,β-unsaturated/α-hetero) is 1. The average Bonchev–Trinajstić information content (AvgIpc) is 2.57. The fraction of sp³-hybridized carbons (Fsp3) is 0.111. The van der Waals surface area contributed by atoms with E-state index in [1.807, 2.05) is 0 Å². The monoisotopic (exact) mass is 283 g/mol. The van der Waals surface area contributed by atoms with Crippen LogP contribution in [0.15, 0.2) is 18.2 Å². The Morgan fingerprint density at radius 1 is 1.35 bits per heavy atom. The number of benzene rings is 1. The Labute approximate surface area is 102 Å². The van der Waals surface area contributed by atoms with Crippen LogP contribution in [0.4, 0.5) is 13.2 Å². The molecule has 0 bridgehead atoms. The second kappa shape index (κ2) is 4.59. The number of ketones is 1. The van der Waals surface area contributed by atoms with E-state index in [2.05, 4.69) is 4.98 Å². The molecule has 1 heterocycles. The van der Waals surface area contributed by atoms with Crippen molar-refractivity contribution in [3.8, 4) is 0 Å². The summed E-state index contributed by atoms with van der Waals surface area (Å²) in [6.07, 6.45) is -4.89. The lowest BCUT2D eigenvalue weighted by Crippen LogP contribution is -2.22. The van der Waals surface area contributed by atoms with Crippen LogP contribution in [0.2, 0.25) is 5.02 Å². The van der Waals surface area contributed by atoms with Crippen molar-refractivity contribution in [2.24, 2.45) is 0 Å². The lowest BCUT2D eigenvalue weighted by atomic mass is 10.3. The number of thiazole rings is 1. The van der Waals surface area contributed by atoms with Gasteiger partial charge in [0.2, 0.25) is 0 Å². The number of hydrogen-bond donors (Lipinski definition) is 0. The molecule has 0 spiro atoms. The van der Waals surface area contributed by atoms with Crippen molar-refractivity contribution in [3.63, 3.8) is 0 Å². The van der Waals surface area contributed by atoms with Gasteiger partial charge in [0.05, 0.1) is 10.2 Å². The molecular formula is C9H5ClF3NO2S. The summed E-state index contributed by atoms with van der Waals surface area (Å²) in [7, 11) is 0. The maximum atomic E-state index is 12.1. The number of alkyl halides is 3. The maximum Gasteiger partial charge on any atom is 0.457 e. The Balaban J connectivity index is 0.00000144. The lowest BCUT2D eigenvalue weighted by molar-refractivity contribution is -0.0885. The highest BCUT2D eigenvalue weighted by atomic mass is 35.5. The van der Waals surface area contributed by atoms with E-state index in [1.54, 1.807) is 0 Å². The molecule has 0 fully saturated rings. The summed E-state index contributed by atoms with van der Waals surface area (Å²) in [5, 5.41) is -0.174. The van der Waals surface area contributed by atoms with Crippen LogP contribution in [-0.4, -0.2) is 22.4 Å². The number of hydrogen-bond acceptors (Lipinski definition) is 3. The summed E-state index contributed by atoms with van der Waals surface area (Å²) in [4.78, 5) is 14.5. The first kappa shape index (κ1) is 13.9. The van der Waals surface area contributed by atoms with E-state index in [1.165, 1.54) is 18.2 Å². The van der Waals surface area contributed by atoms with Gasteiger partial charge in [0.1, 0.15) is 0 Å². The number of nitrogens with zero attached hydrogens (tertiary/aromatic N) is 1. The van der Waals surface area contributed by atoms with Crippen LogP contribution in [0.3, 0.4) is 0 Å². The van der Waals surface area contributed by atoms with Crippen molar-refractivity contribution in [1.29, 1.82) is 0 Å². The van der Waals surface area contributed by atoms with Gasteiger partial charge in [-0.05, 0) is 18.2 Å². The van der Waals surface area contributed by atoms with Gasteiger partial charge in [-0.2, -0.15) is 13.2 Å². The molecule has 92 valence electrons. The van der Waals surface area contributed by atoms with Gasteiger partial charge in [-0.1, -0.05) is 11.6 Å². The molecule has 1 aromatic carbocycles. The predicted octanol–water partition coefficient (Wildman–Crippen LogP) is 2.87. The molecule has 0 aliphatic carbocycles. The Hall–Kier alpha value is -1.18. The minimum Gasteiger partial charge on any atom is -0.412 e. The molecule has 2 rings (SSSR count). The van der Waals surface area contributed by atoms with E-state index >= 15 is 0 Å². The van der Waals surface area contributed by atoms with Gasteiger partial charge in [0.15, 0.2) is 5.01 Å². The number of rotatable bonds is 1. The molecule has 17 heavy (non-hydrogen) atoms. The minimum atomic E-state index is -4.89. The number of aromatic nitrogens is 1. The topological polar surface area (TPSA) is 61.5 Å². The molecule has 0 saturated heterocycles. The number of halogens is 4. The van der Waals surface area contributed by atoms with E-state index in [0.717, 1.165) is 0 Å². The second-order valence-corrected chi connectivity index (χ2v) is 4.43. The third-order valence-electron chi connectivity index (χ3n) is 1.80. The lowest BCUT2D eigenvalue weighted by Gasteiger charge is -1.99. The normalized spacial score (nSPS) is 11.3. The summed E-state index contributed by atoms with van der Waals surface area (Å²) >= 11 is 6.35. The molecule has 0 unspecified atom stereocenters. The molecule has 0 saturated carbocycles. The first-order valence-corrected chi connectivity index (χ1v) is 5.25. The summed E-state index contributed by atoms with van der Waals surface area (Å²) in [5.41, 5.74) is 0.335. The fourth-order valence-corrected chi connectivity index (χ4v) is 2.32. The van der Waals surface area contributed by atoms with Gasteiger partial charge in [-0.15, -0.1) is 11.3 Å². The third kappa shape index (κ3) is 2.74. The van der Waals surface area contributed by atoms with Crippen LogP contribution in [0, 0.1) is 0 Å². The molecule has 1 aromatic heterocycles. The summed E-state index contributed by atoms with van der Waals surface area (Å²) in [5.74, 6) is -1.93. The second-order valence-electron chi connectivity index (χ2n) is 2.96. The van der Waals surface area contributed by atoms with Crippen molar-refractivity contribution in [2.75, 3.05) is 0 Å². The zero-order chi connectivity index (χ0) is 11.9. The number of fused-ring (bicyclic) bond motifs is 1. The zero-order valence-corrected chi connectivity index (χ0v) is 9.58. The molecule has 0 atom stereocenters. The summed E-state index contributed by atoms with van der Waals surface area (Å²) in [6, 6.07) is 4.45. The van der Waals surface area contributed by atoms with Gasteiger partial charge >= 0.3 is 6.18 Å². The Morgan fingerprint density at radius 2 is 2.00 bits per heavy atom. The van der Waals surface area contributed by atoms with Crippen LogP contribution in [-0.2, 0) is 0 Å². The fourth-order valence-electron chi connectivity index (χ4n) is 1.12. The Morgan fingerprint density at radius 3 is 2.59 bits per heavy atom. The third-order valence-corrected chi connectivity index (χ3v) is 3.05. The number of carbonyl (C=O) groups is 1. The molecule has 2 aromatic rings. The van der Waals surface area contributed by atoms with E-state index in [4.69, 9.17) is 11.6 Å². The largest absolute Gasteiger partial charge is 0.457 e. The van der Waals surface area contributed by atoms with E-state index in [0.29, 0.717) is 26.6 Å². The van der Waals surface area contributed by atoms with Crippen molar-refractivity contribution in [1.82, 2.24) is 4.98 Å². The smallest absolute Gasteiger partial charge is 0.412 e. The van der Waals surface area contributed by atoms with Crippen molar-refractivity contribution in [2.45, 2.75) is 6.18 Å². The van der Waals surface area contributed by atoms with Gasteiger partial charge < -0.3 is 5.48 Å². The quantitative estimate of drug-likeness (QED) is 0.756. The van der Waals surface area contributed by atoms with Gasteiger partial charge in [-0.25, -0.2) is 4.98 Å². The SMILES string of the molecule is O.O=C(c1nc2ccc(Cl)cc2s1)C(F)(F)F. The summed E-state index contributed by atoms with van der Waals surface area (Å²) in [6.45, 7) is 0. The highest BCUT2D eigenvalue weighted by Crippen LogP contribution is 2.29. The Bertz CT molecular complexity index is 567. The highest BCUT2D eigenvalue weighted by Gasteiger charge is 2.41. The van der Waals surface area contributed by atoms with Crippen LogP contribution in [0.25, 0.3) is 10.2 Å². The molecule has 0 aliphatic heterocycles. The predicted molar refractivity (Wildman–Crippen MR) is 58.6 cm³/mol. The van der Waals surface area contributed by atoms with Crippen LogP contribution < -0.4 is 0 Å². The van der Waals surface area contributed by atoms with Crippen LogP contribution in [0.1, 0.15) is 9.80 Å². The molecule has 2 N–H and O–H groups in total. The van der Waals surface area contributed by atoms with Gasteiger partial charge in [0.25, 0.3) is 5.78 Å². The molecule has 0 radical (unpaired) electrons. The molecule has 0 aliphatic rings. The standard InChI is InChI=1S/C9H3ClF3NOS.H2O/c10-4-1-2-5-6(3-4)16-8(14-5)7(15)9(11,12)13;/h1-3H;1H2. The van der Waals surface area contributed by atoms with Gasteiger partial charge in [-0.3, -0.25) is 4.79 Å². The van der Waals surface area contributed by atoms with Gasteiger partial charge in [0, 0.05) is 5.02 Å². The first-order chi connectivity index (χ1) is 7.38. The summed E-state index contributed by atoms with van der Waals surface area (Å²) < 4.78 is 36.9. The molecular weight excluding hydrogens is 279 g/mol. The van der Waals surface area contributed by atoms with Crippen molar-refractivity contribution >= 4 is 38.9 Å². The van der Waals surface area contributed by atoms with E-state index < -0.39 is 17.0 Å². The van der Waals surface area contributed by atoms with Crippen molar-refractivity contribution < 1.29 is 23.4 Å². The minimum absolute atomic E-state index is 0. The molecule has 0 amide bonds. The van der Waals surface area contributed by atoms with Crippen LogP contribution in [0.5, 0.6) is 0 Å². The first-order valence-electron chi connectivity index (χ1n) is 4.05. The van der Waals surface area contributed by atoms with E-state index in [-0.39, 0.29) is 5.48 Å². The highest BCUT2D eigenvalue weighted by molar-refractivity contribution is 7.20. The Kier molecular flexibility index (Phi) is 3.75. The van der Waals surface area contributed by atoms with E-state index in [9.17, 15) is 18.0 Å². The van der Waals surface area contributed by atoms with Crippen molar-refractivity contribution in [3.05, 3.63) is 28.2 Å². The zero-order valence-electron chi connectivity index (χ0n) is 8.01. The average molecular weight is 284 g/mol. The molecule has 3 nitrogen and oxygen atoms in total.